The Morgan fingerprint density at radius 2 is 0.517 bits per heavy atom. The van der Waals surface area contributed by atoms with Crippen LogP contribution >= 0.6 is 15.6 Å². The summed E-state index contributed by atoms with van der Waals surface area (Å²) < 4.78 is 68.2. The zero-order valence-electron chi connectivity index (χ0n) is 57.6. The molecule has 0 radical (unpaired) electrons. The molecule has 0 aliphatic heterocycles. The highest BCUT2D eigenvalue weighted by Gasteiger charge is 2.30. The van der Waals surface area contributed by atoms with Crippen molar-refractivity contribution in [1.82, 2.24) is 0 Å². The van der Waals surface area contributed by atoms with E-state index in [0.29, 0.717) is 25.7 Å². The van der Waals surface area contributed by atoms with Crippen LogP contribution in [0, 0.1) is 5.92 Å². The van der Waals surface area contributed by atoms with Gasteiger partial charge in [0.1, 0.15) is 19.3 Å². The van der Waals surface area contributed by atoms with Gasteiger partial charge in [0, 0.05) is 25.7 Å². The molecule has 0 amide bonds. The van der Waals surface area contributed by atoms with E-state index in [1.54, 1.807) is 0 Å². The average molecular weight is 1310 g/mol. The molecule has 2 unspecified atom stereocenters. The molecule has 0 aliphatic rings. The molecular formula is C70H136O17P2. The third-order valence-corrected chi connectivity index (χ3v) is 18.2. The molecule has 0 rings (SSSR count). The van der Waals surface area contributed by atoms with Gasteiger partial charge in [0.15, 0.2) is 12.2 Å². The van der Waals surface area contributed by atoms with Crippen LogP contribution in [0.25, 0.3) is 0 Å². The monoisotopic (exact) mass is 1310 g/mol. The second-order valence-electron chi connectivity index (χ2n) is 25.7. The number of hydrogen-bond donors (Lipinski definition) is 3. The lowest BCUT2D eigenvalue weighted by Gasteiger charge is -2.21. The minimum Gasteiger partial charge on any atom is -0.462 e. The van der Waals surface area contributed by atoms with Gasteiger partial charge in [-0.15, -0.1) is 0 Å². The van der Waals surface area contributed by atoms with Gasteiger partial charge in [-0.05, 0) is 31.6 Å². The summed E-state index contributed by atoms with van der Waals surface area (Å²) in [5, 5.41) is 10.6. The highest BCUT2D eigenvalue weighted by Crippen LogP contribution is 2.45. The fourth-order valence-electron chi connectivity index (χ4n) is 10.6. The molecule has 0 saturated heterocycles. The van der Waals surface area contributed by atoms with Gasteiger partial charge in [-0.3, -0.25) is 37.3 Å². The molecule has 19 heteroatoms. The number of phosphoric ester groups is 2. The van der Waals surface area contributed by atoms with E-state index < -0.39 is 97.5 Å². The zero-order chi connectivity index (χ0) is 65.6. The predicted molar refractivity (Wildman–Crippen MR) is 358 cm³/mol. The van der Waals surface area contributed by atoms with E-state index in [1.165, 1.54) is 173 Å². The van der Waals surface area contributed by atoms with Crippen molar-refractivity contribution in [2.75, 3.05) is 39.6 Å². The van der Waals surface area contributed by atoms with Gasteiger partial charge in [-0.1, -0.05) is 311 Å². The van der Waals surface area contributed by atoms with E-state index in [2.05, 4.69) is 34.6 Å². The zero-order valence-corrected chi connectivity index (χ0v) is 59.4. The molecule has 528 valence electrons. The Labute approximate surface area is 543 Å². The fourth-order valence-corrected chi connectivity index (χ4v) is 12.2. The number of carbonyl (C=O) groups excluding carboxylic acids is 4. The molecule has 0 aromatic heterocycles. The smallest absolute Gasteiger partial charge is 0.462 e. The van der Waals surface area contributed by atoms with E-state index >= 15 is 0 Å². The summed E-state index contributed by atoms with van der Waals surface area (Å²) >= 11 is 0. The molecule has 89 heavy (non-hydrogen) atoms. The molecule has 5 atom stereocenters. The SMILES string of the molecule is CCCCCCCCCCCCCCCCCCC(=O)O[C@H](COC(=O)CCCCCCCCCCCCC(C)C)COP(=O)(O)OC[C@@H](O)COP(=O)(O)OC[C@@H](COC(=O)CCCCCCCCC)OC(=O)CCCCCCCCCCCCCCC. The Hall–Kier alpha value is -1.94. The topological polar surface area (TPSA) is 237 Å². The molecule has 0 saturated carbocycles. The number of aliphatic hydroxyl groups is 1. The molecule has 0 bridgehead atoms. The van der Waals surface area contributed by atoms with E-state index in [4.69, 9.17) is 37.0 Å². The van der Waals surface area contributed by atoms with Crippen LogP contribution in [-0.4, -0.2) is 96.7 Å². The second-order valence-corrected chi connectivity index (χ2v) is 28.7. The van der Waals surface area contributed by atoms with E-state index in [9.17, 15) is 43.2 Å². The summed E-state index contributed by atoms with van der Waals surface area (Å²) in [4.78, 5) is 72.4. The maximum atomic E-state index is 13.0. The first-order chi connectivity index (χ1) is 43.0. The van der Waals surface area contributed by atoms with Crippen molar-refractivity contribution in [2.24, 2.45) is 5.92 Å². The first-order valence-corrected chi connectivity index (χ1v) is 39.6. The Bertz CT molecular complexity index is 1720. The van der Waals surface area contributed by atoms with Crippen LogP contribution in [0.4, 0.5) is 0 Å². The van der Waals surface area contributed by atoms with E-state index in [1.807, 2.05) is 0 Å². The van der Waals surface area contributed by atoms with Gasteiger partial charge in [0.25, 0.3) is 0 Å². The number of carbonyl (C=O) groups is 4. The third-order valence-electron chi connectivity index (χ3n) is 16.3. The molecule has 0 spiro atoms. The van der Waals surface area contributed by atoms with Gasteiger partial charge in [-0.2, -0.15) is 0 Å². The van der Waals surface area contributed by atoms with Crippen LogP contribution in [0.1, 0.15) is 362 Å². The van der Waals surface area contributed by atoms with Crippen molar-refractivity contribution in [3.8, 4) is 0 Å². The standard InChI is InChI=1S/C70H136O17P2/c1-6-9-12-15-18-20-22-24-25-26-28-30-36-41-46-51-56-70(75)87-66(60-81-68(73)54-49-44-39-34-32-31-33-38-42-47-52-63(4)5)62-85-89(78,79)83-58-64(71)57-82-88(76,77)84-61-65(59-80-67(72)53-48-43-37-17-14-11-8-3)86-69(74)55-50-45-40-35-29-27-23-21-19-16-13-10-7-2/h63-66,71H,6-62H2,1-5H3,(H,76,77)(H,78,79)/t64-,65+,66+/m0/s1. The number of esters is 4. The first-order valence-electron chi connectivity index (χ1n) is 36.6. The summed E-state index contributed by atoms with van der Waals surface area (Å²) in [7, 11) is -9.89. The summed E-state index contributed by atoms with van der Waals surface area (Å²) in [6.45, 7) is 7.21. The Morgan fingerprint density at radius 1 is 0.303 bits per heavy atom. The predicted octanol–water partition coefficient (Wildman–Crippen LogP) is 20.1. The molecule has 0 fully saturated rings. The lowest BCUT2D eigenvalue weighted by atomic mass is 10.0. The van der Waals surface area contributed by atoms with Gasteiger partial charge < -0.3 is 33.8 Å². The van der Waals surface area contributed by atoms with Crippen LogP contribution in [0.2, 0.25) is 0 Å². The van der Waals surface area contributed by atoms with Gasteiger partial charge in [0.2, 0.25) is 0 Å². The highest BCUT2D eigenvalue weighted by atomic mass is 31.2. The van der Waals surface area contributed by atoms with Crippen molar-refractivity contribution in [3.05, 3.63) is 0 Å². The van der Waals surface area contributed by atoms with Gasteiger partial charge in [0.05, 0.1) is 26.4 Å². The fraction of sp³-hybridized carbons (Fsp3) is 0.943. The van der Waals surface area contributed by atoms with Crippen molar-refractivity contribution in [3.63, 3.8) is 0 Å². The van der Waals surface area contributed by atoms with E-state index in [0.717, 1.165) is 109 Å². The number of aliphatic hydroxyl groups excluding tert-OH is 1. The Morgan fingerprint density at radius 3 is 0.764 bits per heavy atom. The van der Waals surface area contributed by atoms with Crippen molar-refractivity contribution >= 4 is 39.5 Å². The van der Waals surface area contributed by atoms with E-state index in [-0.39, 0.29) is 25.7 Å². The van der Waals surface area contributed by atoms with Crippen LogP contribution in [-0.2, 0) is 65.4 Å². The summed E-state index contributed by atoms with van der Waals surface area (Å²) in [6, 6.07) is 0. The largest absolute Gasteiger partial charge is 0.472 e. The Kier molecular flexibility index (Phi) is 62.1. The molecular weight excluding hydrogens is 1170 g/mol. The minimum absolute atomic E-state index is 0.107. The number of phosphoric acid groups is 2. The quantitative estimate of drug-likeness (QED) is 0.0222. The second kappa shape index (κ2) is 63.5. The lowest BCUT2D eigenvalue weighted by molar-refractivity contribution is -0.161. The van der Waals surface area contributed by atoms with Crippen molar-refractivity contribution in [1.29, 1.82) is 0 Å². The maximum absolute atomic E-state index is 13.0. The lowest BCUT2D eigenvalue weighted by Crippen LogP contribution is -2.30. The van der Waals surface area contributed by atoms with Crippen LogP contribution in [0.3, 0.4) is 0 Å². The molecule has 0 aromatic carbocycles. The van der Waals surface area contributed by atoms with Crippen molar-refractivity contribution < 1.29 is 80.2 Å². The molecule has 17 nitrogen and oxygen atoms in total. The third kappa shape index (κ3) is 64.6. The van der Waals surface area contributed by atoms with Crippen molar-refractivity contribution in [2.45, 2.75) is 380 Å². The van der Waals surface area contributed by atoms with Crippen LogP contribution in [0.15, 0.2) is 0 Å². The van der Waals surface area contributed by atoms with Crippen LogP contribution in [0.5, 0.6) is 0 Å². The first kappa shape index (κ1) is 87.1. The molecule has 0 aromatic rings. The van der Waals surface area contributed by atoms with Gasteiger partial charge >= 0.3 is 39.5 Å². The number of rotatable bonds is 70. The van der Waals surface area contributed by atoms with Gasteiger partial charge in [-0.25, -0.2) is 9.13 Å². The molecule has 3 N–H and O–H groups in total. The minimum atomic E-state index is -4.95. The maximum Gasteiger partial charge on any atom is 0.472 e. The summed E-state index contributed by atoms with van der Waals surface area (Å²) in [5.41, 5.74) is 0. The number of unbranched alkanes of at least 4 members (excludes halogenated alkanes) is 42. The average Bonchev–Trinajstić information content (AvgIpc) is 3.51. The summed E-state index contributed by atoms with van der Waals surface area (Å²) in [6.07, 6.45) is 50.0. The molecule has 0 aliphatic carbocycles. The highest BCUT2D eigenvalue weighted by molar-refractivity contribution is 7.47. The number of ether oxygens (including phenoxy) is 4. The number of hydrogen-bond acceptors (Lipinski definition) is 15. The summed E-state index contributed by atoms with van der Waals surface area (Å²) in [5.74, 6) is -1.37. The van der Waals surface area contributed by atoms with Crippen LogP contribution < -0.4 is 0 Å². The Balaban J connectivity index is 5.20. The normalized spacial score (nSPS) is 14.1. The molecule has 0 heterocycles.